The van der Waals surface area contributed by atoms with Crippen LogP contribution in [0.25, 0.3) is 11.3 Å². The average molecular weight is 287 g/mol. The van der Waals surface area contributed by atoms with Crippen molar-refractivity contribution in [3.8, 4) is 11.3 Å². The number of hydrogen-bond donors (Lipinski definition) is 3. The first-order valence-corrected chi connectivity index (χ1v) is 7.91. The van der Waals surface area contributed by atoms with Gasteiger partial charge in [0.2, 0.25) is 0 Å². The molecule has 0 saturated carbocycles. The number of H-pyrrole nitrogens is 2. The van der Waals surface area contributed by atoms with Crippen LogP contribution in [0.3, 0.4) is 0 Å². The van der Waals surface area contributed by atoms with Gasteiger partial charge in [0.15, 0.2) is 0 Å². The van der Waals surface area contributed by atoms with Crippen molar-refractivity contribution < 1.29 is 0 Å². The highest BCUT2D eigenvalue weighted by atomic mass is 16.1. The van der Waals surface area contributed by atoms with Gasteiger partial charge >= 0.3 is 0 Å². The zero-order valence-electron chi connectivity index (χ0n) is 12.7. The summed E-state index contributed by atoms with van der Waals surface area (Å²) in [6.45, 7) is 3.26. The van der Waals surface area contributed by atoms with Gasteiger partial charge in [0.25, 0.3) is 5.56 Å². The fourth-order valence-electron chi connectivity index (χ4n) is 2.39. The van der Waals surface area contributed by atoms with Crippen LogP contribution in [0.4, 0.5) is 5.69 Å². The Labute approximate surface area is 126 Å². The van der Waals surface area contributed by atoms with Gasteiger partial charge in [-0.3, -0.25) is 15.0 Å². The quantitative estimate of drug-likeness (QED) is 0.607. The number of benzene rings is 1. The molecular formula is C17H25N3O. The summed E-state index contributed by atoms with van der Waals surface area (Å²) in [6.07, 6.45) is 7.88. The van der Waals surface area contributed by atoms with Gasteiger partial charge in [0.05, 0.1) is 5.69 Å². The third-order valence-electron chi connectivity index (χ3n) is 3.65. The van der Waals surface area contributed by atoms with E-state index in [4.69, 9.17) is 0 Å². The van der Waals surface area contributed by atoms with Gasteiger partial charge in [-0.1, -0.05) is 51.2 Å². The number of rotatable bonds is 9. The van der Waals surface area contributed by atoms with E-state index >= 15 is 0 Å². The number of unbranched alkanes of at least 4 members (excludes halogenated alkanes) is 5. The average Bonchev–Trinajstić information content (AvgIpc) is 2.93. The van der Waals surface area contributed by atoms with Crippen LogP contribution in [0.1, 0.15) is 45.4 Å². The molecule has 1 heterocycles. The maximum Gasteiger partial charge on any atom is 0.264 e. The minimum atomic E-state index is -0.102. The molecule has 2 rings (SSSR count). The van der Waals surface area contributed by atoms with E-state index in [-0.39, 0.29) is 5.56 Å². The van der Waals surface area contributed by atoms with Crippen LogP contribution in [-0.2, 0) is 0 Å². The minimum absolute atomic E-state index is 0.102. The molecule has 114 valence electrons. The highest BCUT2D eigenvalue weighted by molar-refractivity contribution is 5.62. The lowest BCUT2D eigenvalue weighted by molar-refractivity contribution is 0.617. The Morgan fingerprint density at radius 2 is 1.67 bits per heavy atom. The fraction of sp³-hybridized carbons (Fsp3) is 0.471. The first kappa shape index (κ1) is 15.4. The fourth-order valence-corrected chi connectivity index (χ4v) is 2.39. The van der Waals surface area contributed by atoms with Gasteiger partial charge in [-0.15, -0.1) is 0 Å². The molecule has 2 aromatic rings. The number of aromatic nitrogens is 2. The van der Waals surface area contributed by atoms with Gasteiger partial charge in [-0.2, -0.15) is 0 Å². The smallest absolute Gasteiger partial charge is 0.264 e. The van der Waals surface area contributed by atoms with Crippen LogP contribution in [0.2, 0.25) is 0 Å². The van der Waals surface area contributed by atoms with Crippen molar-refractivity contribution in [1.29, 1.82) is 0 Å². The number of hydrogen-bond acceptors (Lipinski definition) is 2. The largest absolute Gasteiger partial charge is 0.385 e. The van der Waals surface area contributed by atoms with Crippen LogP contribution in [-0.4, -0.2) is 16.7 Å². The van der Waals surface area contributed by atoms with E-state index in [2.05, 4.69) is 34.6 Å². The van der Waals surface area contributed by atoms with E-state index in [0.717, 1.165) is 23.5 Å². The molecule has 1 aromatic carbocycles. The molecule has 0 aliphatic carbocycles. The molecule has 1 aromatic heterocycles. The van der Waals surface area contributed by atoms with E-state index in [1.54, 1.807) is 6.07 Å². The van der Waals surface area contributed by atoms with Crippen molar-refractivity contribution in [3.05, 3.63) is 40.7 Å². The van der Waals surface area contributed by atoms with Crippen molar-refractivity contribution in [2.45, 2.75) is 45.4 Å². The summed E-state index contributed by atoms with van der Waals surface area (Å²) in [5.74, 6) is 0. The van der Waals surface area contributed by atoms with Gasteiger partial charge in [-0.05, 0) is 24.1 Å². The molecule has 21 heavy (non-hydrogen) atoms. The lowest BCUT2D eigenvalue weighted by Gasteiger charge is -2.07. The zero-order valence-corrected chi connectivity index (χ0v) is 12.7. The number of anilines is 1. The monoisotopic (exact) mass is 287 g/mol. The summed E-state index contributed by atoms with van der Waals surface area (Å²) < 4.78 is 0. The second kappa shape index (κ2) is 8.35. The molecule has 0 aliphatic heterocycles. The molecule has 0 amide bonds. The maximum absolute atomic E-state index is 11.1. The predicted octanol–water partition coefficient (Wildman–Crippen LogP) is 4.14. The van der Waals surface area contributed by atoms with Crippen molar-refractivity contribution in [2.24, 2.45) is 0 Å². The van der Waals surface area contributed by atoms with E-state index in [0.29, 0.717) is 0 Å². The van der Waals surface area contributed by atoms with E-state index in [1.807, 2.05) is 12.1 Å². The molecule has 0 radical (unpaired) electrons. The summed E-state index contributed by atoms with van der Waals surface area (Å²) >= 11 is 0. The lowest BCUT2D eigenvalue weighted by atomic mass is 10.1. The van der Waals surface area contributed by atoms with Gasteiger partial charge < -0.3 is 5.32 Å². The second-order valence-electron chi connectivity index (χ2n) is 5.44. The first-order chi connectivity index (χ1) is 10.3. The van der Waals surface area contributed by atoms with Gasteiger partial charge in [0.1, 0.15) is 0 Å². The van der Waals surface area contributed by atoms with E-state index < -0.39 is 0 Å². The Morgan fingerprint density at radius 3 is 2.33 bits per heavy atom. The Balaban J connectivity index is 1.71. The molecule has 4 nitrogen and oxygen atoms in total. The molecule has 0 bridgehead atoms. The Hall–Kier alpha value is -1.97. The molecule has 0 fully saturated rings. The summed E-state index contributed by atoms with van der Waals surface area (Å²) in [7, 11) is 0. The third-order valence-corrected chi connectivity index (χ3v) is 3.65. The van der Waals surface area contributed by atoms with Gasteiger partial charge in [-0.25, -0.2) is 0 Å². The Kier molecular flexibility index (Phi) is 6.13. The highest BCUT2D eigenvalue weighted by Gasteiger charge is 2.00. The predicted molar refractivity (Wildman–Crippen MR) is 88.7 cm³/mol. The van der Waals surface area contributed by atoms with Crippen LogP contribution >= 0.6 is 0 Å². The topological polar surface area (TPSA) is 60.7 Å². The summed E-state index contributed by atoms with van der Waals surface area (Å²) in [4.78, 5) is 11.1. The normalized spacial score (nSPS) is 10.7. The Morgan fingerprint density at radius 1 is 0.952 bits per heavy atom. The van der Waals surface area contributed by atoms with E-state index in [1.165, 1.54) is 38.5 Å². The van der Waals surface area contributed by atoms with Crippen LogP contribution in [0, 0.1) is 0 Å². The van der Waals surface area contributed by atoms with Crippen LogP contribution < -0.4 is 10.9 Å². The molecule has 3 N–H and O–H groups in total. The number of nitrogens with one attached hydrogen (secondary N) is 3. The van der Waals surface area contributed by atoms with E-state index in [9.17, 15) is 4.79 Å². The summed E-state index contributed by atoms with van der Waals surface area (Å²) in [5, 5.41) is 8.85. The second-order valence-corrected chi connectivity index (χ2v) is 5.44. The number of aromatic amines is 2. The third kappa shape index (κ3) is 5.14. The minimum Gasteiger partial charge on any atom is -0.385 e. The van der Waals surface area contributed by atoms with Crippen molar-refractivity contribution in [1.82, 2.24) is 10.2 Å². The zero-order chi connectivity index (χ0) is 14.9. The summed E-state index contributed by atoms with van der Waals surface area (Å²) in [5.41, 5.74) is 2.86. The van der Waals surface area contributed by atoms with Crippen molar-refractivity contribution in [3.63, 3.8) is 0 Å². The highest BCUT2D eigenvalue weighted by Crippen LogP contribution is 2.18. The molecule has 0 unspecified atom stereocenters. The molecule has 4 heteroatoms. The van der Waals surface area contributed by atoms with Crippen LogP contribution in [0.15, 0.2) is 35.1 Å². The molecule has 0 atom stereocenters. The lowest BCUT2D eigenvalue weighted by Crippen LogP contribution is -2.01. The molecule has 0 aliphatic rings. The SMILES string of the molecule is CCCCCCCCNc1ccc(-c2cc(=O)[nH][nH]2)cc1. The van der Waals surface area contributed by atoms with Crippen LogP contribution in [0.5, 0.6) is 0 Å². The maximum atomic E-state index is 11.1. The van der Waals surface area contributed by atoms with Crippen molar-refractivity contribution >= 4 is 5.69 Å². The summed E-state index contributed by atoms with van der Waals surface area (Å²) in [6, 6.07) is 9.71. The standard InChI is InChI=1S/C17H25N3O/c1-2-3-4-5-6-7-12-18-15-10-8-14(9-11-15)16-13-17(21)20-19-16/h8-11,13,18H,2-7,12H2,1H3,(H2,19,20,21). The molecule has 0 spiro atoms. The Bertz CT molecular complexity index is 568. The molecular weight excluding hydrogens is 262 g/mol. The van der Waals surface area contributed by atoms with Crippen molar-refractivity contribution in [2.75, 3.05) is 11.9 Å². The van der Waals surface area contributed by atoms with Gasteiger partial charge in [0, 0.05) is 18.3 Å². The first-order valence-electron chi connectivity index (χ1n) is 7.91. The molecule has 0 saturated heterocycles.